The van der Waals surface area contributed by atoms with Gasteiger partial charge in [-0.3, -0.25) is 4.79 Å². The minimum atomic E-state index is 0.0570. The summed E-state index contributed by atoms with van der Waals surface area (Å²) in [4.78, 5) is 12.2. The van der Waals surface area contributed by atoms with E-state index in [2.05, 4.69) is 59.3 Å². The number of amides is 1. The molecule has 0 bridgehead atoms. The molecule has 0 spiro atoms. The van der Waals surface area contributed by atoms with Crippen molar-refractivity contribution in [3.05, 3.63) is 71.4 Å². The SMILES string of the molecule is Cc1ccc(CCNC(=O)Cn2c(C)cc3ccccc32)cc1. The third kappa shape index (κ3) is 3.62. The van der Waals surface area contributed by atoms with Gasteiger partial charge in [-0.2, -0.15) is 0 Å². The van der Waals surface area contributed by atoms with Gasteiger partial charge in [-0.25, -0.2) is 0 Å². The molecule has 0 fully saturated rings. The molecule has 0 aliphatic heterocycles. The van der Waals surface area contributed by atoms with Gasteiger partial charge in [0, 0.05) is 17.8 Å². The van der Waals surface area contributed by atoms with Gasteiger partial charge in [0.1, 0.15) is 6.54 Å². The van der Waals surface area contributed by atoms with Crippen LogP contribution < -0.4 is 5.32 Å². The first-order chi connectivity index (χ1) is 11.1. The molecule has 1 amide bonds. The van der Waals surface area contributed by atoms with E-state index >= 15 is 0 Å². The van der Waals surface area contributed by atoms with Crippen molar-refractivity contribution in [2.24, 2.45) is 0 Å². The number of rotatable bonds is 5. The van der Waals surface area contributed by atoms with Crippen LogP contribution >= 0.6 is 0 Å². The molecule has 0 saturated carbocycles. The Morgan fingerprint density at radius 1 is 1.04 bits per heavy atom. The molecule has 3 aromatic rings. The normalized spacial score (nSPS) is 10.9. The number of nitrogens with zero attached hydrogens (tertiary/aromatic N) is 1. The van der Waals surface area contributed by atoms with Crippen LogP contribution in [-0.4, -0.2) is 17.0 Å². The number of nitrogens with one attached hydrogen (secondary N) is 1. The molecule has 23 heavy (non-hydrogen) atoms. The second-order valence-corrected chi connectivity index (χ2v) is 6.02. The van der Waals surface area contributed by atoms with E-state index in [1.54, 1.807) is 0 Å². The molecule has 1 N–H and O–H groups in total. The first-order valence-corrected chi connectivity index (χ1v) is 8.00. The molecule has 118 valence electrons. The minimum absolute atomic E-state index is 0.0570. The molecule has 0 aliphatic rings. The number of fused-ring (bicyclic) bond motifs is 1. The average Bonchev–Trinajstić information content (AvgIpc) is 2.85. The van der Waals surface area contributed by atoms with Gasteiger partial charge in [-0.15, -0.1) is 0 Å². The van der Waals surface area contributed by atoms with Crippen LogP contribution in [0.3, 0.4) is 0 Å². The number of para-hydroxylation sites is 1. The van der Waals surface area contributed by atoms with Crippen LogP contribution in [0.5, 0.6) is 0 Å². The summed E-state index contributed by atoms with van der Waals surface area (Å²) in [7, 11) is 0. The van der Waals surface area contributed by atoms with Gasteiger partial charge < -0.3 is 9.88 Å². The Morgan fingerprint density at radius 3 is 2.57 bits per heavy atom. The molecule has 2 aromatic carbocycles. The molecule has 3 heteroatoms. The van der Waals surface area contributed by atoms with Gasteiger partial charge >= 0.3 is 0 Å². The Labute approximate surface area is 136 Å². The third-order valence-electron chi connectivity index (χ3n) is 4.18. The molecule has 0 atom stereocenters. The number of hydrogen-bond donors (Lipinski definition) is 1. The van der Waals surface area contributed by atoms with Gasteiger partial charge in [0.2, 0.25) is 5.91 Å². The van der Waals surface area contributed by atoms with E-state index in [-0.39, 0.29) is 5.91 Å². The summed E-state index contributed by atoms with van der Waals surface area (Å²) in [6.45, 7) is 5.16. The molecule has 0 unspecified atom stereocenters. The molecular weight excluding hydrogens is 284 g/mol. The van der Waals surface area contributed by atoms with Crippen molar-refractivity contribution in [2.45, 2.75) is 26.8 Å². The molecule has 3 nitrogen and oxygen atoms in total. The van der Waals surface area contributed by atoms with Crippen LogP contribution in [0, 0.1) is 13.8 Å². The maximum absolute atomic E-state index is 12.2. The lowest BCUT2D eigenvalue weighted by molar-refractivity contribution is -0.121. The van der Waals surface area contributed by atoms with Crippen molar-refractivity contribution in [1.29, 1.82) is 0 Å². The van der Waals surface area contributed by atoms with Gasteiger partial charge in [0.25, 0.3) is 0 Å². The zero-order valence-corrected chi connectivity index (χ0v) is 13.7. The number of aromatic nitrogens is 1. The smallest absolute Gasteiger partial charge is 0.239 e. The highest BCUT2D eigenvalue weighted by molar-refractivity contribution is 5.84. The molecule has 0 aliphatic carbocycles. The quantitative estimate of drug-likeness (QED) is 0.767. The Kier molecular flexibility index (Phi) is 4.47. The lowest BCUT2D eigenvalue weighted by Gasteiger charge is -2.09. The van der Waals surface area contributed by atoms with Crippen molar-refractivity contribution in [3.63, 3.8) is 0 Å². The summed E-state index contributed by atoms with van der Waals surface area (Å²) in [6, 6.07) is 18.7. The van der Waals surface area contributed by atoms with Crippen molar-refractivity contribution in [3.8, 4) is 0 Å². The number of hydrogen-bond acceptors (Lipinski definition) is 1. The zero-order chi connectivity index (χ0) is 16.2. The van der Waals surface area contributed by atoms with E-state index in [4.69, 9.17) is 0 Å². The number of carbonyl (C=O) groups excluding carboxylic acids is 1. The van der Waals surface area contributed by atoms with Crippen LogP contribution in [0.15, 0.2) is 54.6 Å². The molecule has 1 heterocycles. The highest BCUT2D eigenvalue weighted by atomic mass is 16.1. The number of benzene rings is 2. The lowest BCUT2D eigenvalue weighted by Crippen LogP contribution is -2.29. The van der Waals surface area contributed by atoms with Crippen LogP contribution in [0.4, 0.5) is 0 Å². The predicted octanol–water partition coefficient (Wildman–Crippen LogP) is 3.62. The number of aryl methyl sites for hydroxylation is 2. The highest BCUT2D eigenvalue weighted by Crippen LogP contribution is 2.18. The topological polar surface area (TPSA) is 34.0 Å². The molecule has 3 rings (SSSR count). The van der Waals surface area contributed by atoms with Gasteiger partial charge in [0.15, 0.2) is 0 Å². The van der Waals surface area contributed by atoms with Crippen LogP contribution in [0.1, 0.15) is 16.8 Å². The first kappa shape index (κ1) is 15.3. The number of carbonyl (C=O) groups is 1. The fourth-order valence-corrected chi connectivity index (χ4v) is 2.86. The van der Waals surface area contributed by atoms with Crippen molar-refractivity contribution in [1.82, 2.24) is 9.88 Å². The Hall–Kier alpha value is -2.55. The maximum Gasteiger partial charge on any atom is 0.239 e. The maximum atomic E-state index is 12.2. The minimum Gasteiger partial charge on any atom is -0.354 e. The fourth-order valence-electron chi connectivity index (χ4n) is 2.86. The van der Waals surface area contributed by atoms with E-state index in [1.807, 2.05) is 19.1 Å². The highest BCUT2D eigenvalue weighted by Gasteiger charge is 2.08. The predicted molar refractivity (Wildman–Crippen MR) is 94.6 cm³/mol. The molecule has 1 aromatic heterocycles. The fraction of sp³-hybridized carbons (Fsp3) is 0.250. The average molecular weight is 306 g/mol. The first-order valence-electron chi connectivity index (χ1n) is 8.00. The van der Waals surface area contributed by atoms with Gasteiger partial charge in [-0.1, -0.05) is 48.0 Å². The van der Waals surface area contributed by atoms with E-state index in [0.29, 0.717) is 13.1 Å². The third-order valence-corrected chi connectivity index (χ3v) is 4.18. The Morgan fingerprint density at radius 2 is 1.78 bits per heavy atom. The summed E-state index contributed by atoms with van der Waals surface area (Å²) in [5, 5.41) is 4.19. The van der Waals surface area contributed by atoms with E-state index < -0.39 is 0 Å². The molecular formula is C20H22N2O. The standard InChI is InChI=1S/C20H22N2O/c1-15-7-9-17(10-8-15)11-12-21-20(23)14-22-16(2)13-18-5-3-4-6-19(18)22/h3-10,13H,11-12,14H2,1-2H3,(H,21,23). The molecule has 0 radical (unpaired) electrons. The second kappa shape index (κ2) is 6.69. The Bertz CT molecular complexity index is 815. The van der Waals surface area contributed by atoms with E-state index in [0.717, 1.165) is 17.6 Å². The summed E-state index contributed by atoms with van der Waals surface area (Å²) < 4.78 is 2.07. The summed E-state index contributed by atoms with van der Waals surface area (Å²) >= 11 is 0. The van der Waals surface area contributed by atoms with Crippen molar-refractivity contribution in [2.75, 3.05) is 6.54 Å². The van der Waals surface area contributed by atoms with Gasteiger partial charge in [-0.05, 0) is 43.4 Å². The monoisotopic (exact) mass is 306 g/mol. The second-order valence-electron chi connectivity index (χ2n) is 6.02. The zero-order valence-electron chi connectivity index (χ0n) is 13.7. The van der Waals surface area contributed by atoms with Crippen LogP contribution in [0.2, 0.25) is 0 Å². The summed E-state index contributed by atoms with van der Waals surface area (Å²) in [5.74, 6) is 0.0570. The van der Waals surface area contributed by atoms with Crippen molar-refractivity contribution >= 4 is 16.8 Å². The van der Waals surface area contributed by atoms with E-state index in [9.17, 15) is 4.79 Å². The largest absolute Gasteiger partial charge is 0.354 e. The lowest BCUT2D eigenvalue weighted by atomic mass is 10.1. The molecule has 0 saturated heterocycles. The summed E-state index contributed by atoms with van der Waals surface area (Å²) in [5.41, 5.74) is 4.73. The van der Waals surface area contributed by atoms with Crippen LogP contribution in [0.25, 0.3) is 10.9 Å². The Balaban J connectivity index is 1.58. The van der Waals surface area contributed by atoms with Crippen LogP contribution in [-0.2, 0) is 17.8 Å². The van der Waals surface area contributed by atoms with E-state index in [1.165, 1.54) is 16.5 Å². The summed E-state index contributed by atoms with van der Waals surface area (Å²) in [6.07, 6.45) is 0.859. The van der Waals surface area contributed by atoms with Crippen molar-refractivity contribution < 1.29 is 4.79 Å². The van der Waals surface area contributed by atoms with Gasteiger partial charge in [0.05, 0.1) is 0 Å².